The van der Waals surface area contributed by atoms with Crippen LogP contribution in [0.4, 0.5) is 11.4 Å². The molecule has 15 heavy (non-hydrogen) atoms. The van der Waals surface area contributed by atoms with Crippen LogP contribution in [0.2, 0.25) is 0 Å². The predicted octanol–water partition coefficient (Wildman–Crippen LogP) is 1.72. The van der Waals surface area contributed by atoms with Gasteiger partial charge in [0.2, 0.25) is 0 Å². The van der Waals surface area contributed by atoms with Gasteiger partial charge in [-0.05, 0) is 34.5 Å². The maximum atomic E-state index is 11.2. The lowest BCUT2D eigenvalue weighted by molar-refractivity contribution is -0.142. The number of carbonyl (C=O) groups is 1. The fourth-order valence-electron chi connectivity index (χ4n) is 1.18. The molecule has 1 rings (SSSR count). The Morgan fingerprint density at radius 1 is 1.40 bits per heavy atom. The Morgan fingerprint density at radius 2 is 2.07 bits per heavy atom. The quantitative estimate of drug-likeness (QED) is 0.649. The van der Waals surface area contributed by atoms with E-state index in [0.717, 1.165) is 4.47 Å². The van der Waals surface area contributed by atoms with E-state index in [-0.39, 0.29) is 12.4 Å². The van der Waals surface area contributed by atoms with Crippen molar-refractivity contribution in [3.63, 3.8) is 0 Å². The van der Waals surface area contributed by atoms with E-state index in [0.29, 0.717) is 23.5 Å². The molecule has 0 amide bonds. The summed E-state index contributed by atoms with van der Waals surface area (Å²) in [4.78, 5) is 11.2. The molecule has 1 aromatic rings. The number of nitrogen functional groups attached to an aromatic ring is 2. The van der Waals surface area contributed by atoms with Crippen molar-refractivity contribution in [1.29, 1.82) is 0 Å². The van der Waals surface area contributed by atoms with E-state index >= 15 is 0 Å². The van der Waals surface area contributed by atoms with Gasteiger partial charge in [0.25, 0.3) is 0 Å². The van der Waals surface area contributed by atoms with E-state index in [4.69, 9.17) is 16.2 Å². The molecule has 4 nitrogen and oxygen atoms in total. The number of ether oxygens (including phenoxy) is 1. The fraction of sp³-hybridized carbons (Fsp3) is 0.300. The van der Waals surface area contributed by atoms with Crippen molar-refractivity contribution in [3.05, 3.63) is 22.2 Å². The van der Waals surface area contributed by atoms with Crippen molar-refractivity contribution in [3.8, 4) is 0 Å². The third-order valence-electron chi connectivity index (χ3n) is 1.96. The van der Waals surface area contributed by atoms with Crippen LogP contribution in [-0.4, -0.2) is 12.6 Å². The Morgan fingerprint density at radius 3 is 2.67 bits per heavy atom. The third-order valence-corrected chi connectivity index (χ3v) is 2.66. The highest BCUT2D eigenvalue weighted by Gasteiger charge is 2.10. The molecule has 0 bridgehead atoms. The zero-order chi connectivity index (χ0) is 11.4. The van der Waals surface area contributed by atoms with E-state index in [1.165, 1.54) is 0 Å². The molecule has 5 heteroatoms. The van der Waals surface area contributed by atoms with Gasteiger partial charge in [0, 0.05) is 4.47 Å². The van der Waals surface area contributed by atoms with E-state index in [1.807, 2.05) is 0 Å². The predicted molar refractivity (Wildman–Crippen MR) is 63.3 cm³/mol. The van der Waals surface area contributed by atoms with E-state index in [2.05, 4.69) is 15.9 Å². The molecule has 4 N–H and O–H groups in total. The van der Waals surface area contributed by atoms with Crippen molar-refractivity contribution < 1.29 is 9.53 Å². The number of anilines is 2. The Bertz CT molecular complexity index is 380. The summed E-state index contributed by atoms with van der Waals surface area (Å²) in [5.74, 6) is -0.300. The van der Waals surface area contributed by atoms with Gasteiger partial charge in [0.15, 0.2) is 0 Å². The Hall–Kier alpha value is -1.23. The zero-order valence-electron chi connectivity index (χ0n) is 8.42. The van der Waals surface area contributed by atoms with Gasteiger partial charge in [0.05, 0.1) is 24.4 Å². The first-order valence-electron chi connectivity index (χ1n) is 4.54. The highest BCUT2D eigenvalue weighted by Crippen LogP contribution is 2.28. The second-order valence-electron chi connectivity index (χ2n) is 3.02. The molecule has 0 heterocycles. The molecule has 0 aromatic heterocycles. The molecule has 0 spiro atoms. The maximum Gasteiger partial charge on any atom is 0.310 e. The molecular weight excluding hydrogens is 260 g/mol. The molecule has 0 aliphatic carbocycles. The number of rotatable bonds is 3. The number of esters is 1. The first kappa shape index (κ1) is 11.8. The number of carbonyl (C=O) groups excluding carboxylic acids is 1. The number of benzene rings is 1. The minimum absolute atomic E-state index is 0.150. The van der Waals surface area contributed by atoms with Gasteiger partial charge in [-0.15, -0.1) is 0 Å². The van der Waals surface area contributed by atoms with Crippen LogP contribution < -0.4 is 11.5 Å². The molecule has 0 unspecified atom stereocenters. The summed E-state index contributed by atoms with van der Waals surface area (Å²) in [5.41, 5.74) is 13.0. The molecular formula is C10H13BrN2O2. The number of halogens is 1. The van der Waals surface area contributed by atoms with Crippen LogP contribution in [0, 0.1) is 0 Å². The van der Waals surface area contributed by atoms with Crippen molar-refractivity contribution in [1.82, 2.24) is 0 Å². The summed E-state index contributed by atoms with van der Waals surface area (Å²) in [5, 5.41) is 0. The van der Waals surface area contributed by atoms with Crippen LogP contribution in [-0.2, 0) is 16.0 Å². The molecule has 0 aliphatic rings. The van der Waals surface area contributed by atoms with Crippen LogP contribution in [0.5, 0.6) is 0 Å². The van der Waals surface area contributed by atoms with Crippen molar-refractivity contribution >= 4 is 33.3 Å². The van der Waals surface area contributed by atoms with Gasteiger partial charge < -0.3 is 16.2 Å². The molecule has 0 saturated carbocycles. The smallest absolute Gasteiger partial charge is 0.310 e. The lowest BCUT2D eigenvalue weighted by Gasteiger charge is -2.09. The Balaban J connectivity index is 2.87. The standard InChI is InChI=1S/C10H13BrN2O2/c1-2-15-8(14)5-6-3-4-7(11)10(13)9(6)12/h3-4H,2,5,12-13H2,1H3. The van der Waals surface area contributed by atoms with Crippen LogP contribution in [0.25, 0.3) is 0 Å². The zero-order valence-corrected chi connectivity index (χ0v) is 10.0. The van der Waals surface area contributed by atoms with Gasteiger partial charge in [0.1, 0.15) is 0 Å². The lowest BCUT2D eigenvalue weighted by Crippen LogP contribution is -2.10. The number of hydrogen-bond acceptors (Lipinski definition) is 4. The first-order valence-corrected chi connectivity index (χ1v) is 5.33. The van der Waals surface area contributed by atoms with E-state index in [9.17, 15) is 4.79 Å². The van der Waals surface area contributed by atoms with Crippen molar-refractivity contribution in [2.45, 2.75) is 13.3 Å². The van der Waals surface area contributed by atoms with Gasteiger partial charge >= 0.3 is 5.97 Å². The molecule has 0 saturated heterocycles. The Labute approximate surface area is 96.7 Å². The van der Waals surface area contributed by atoms with Gasteiger partial charge in [-0.25, -0.2) is 0 Å². The molecule has 0 fully saturated rings. The van der Waals surface area contributed by atoms with Crippen molar-refractivity contribution in [2.75, 3.05) is 18.1 Å². The minimum Gasteiger partial charge on any atom is -0.466 e. The second kappa shape index (κ2) is 5.02. The SMILES string of the molecule is CCOC(=O)Cc1ccc(Br)c(N)c1N. The molecule has 0 aliphatic heterocycles. The summed E-state index contributed by atoms with van der Waals surface area (Å²) in [7, 11) is 0. The Kier molecular flexibility index (Phi) is 3.96. The first-order chi connectivity index (χ1) is 7.06. The second-order valence-corrected chi connectivity index (χ2v) is 3.87. The van der Waals surface area contributed by atoms with Crippen LogP contribution >= 0.6 is 15.9 Å². The summed E-state index contributed by atoms with van der Waals surface area (Å²) >= 11 is 3.26. The molecule has 82 valence electrons. The topological polar surface area (TPSA) is 78.3 Å². The monoisotopic (exact) mass is 272 g/mol. The highest BCUT2D eigenvalue weighted by molar-refractivity contribution is 9.10. The average molecular weight is 273 g/mol. The minimum atomic E-state index is -0.300. The van der Waals surface area contributed by atoms with E-state index in [1.54, 1.807) is 19.1 Å². The third kappa shape index (κ3) is 2.86. The molecule has 0 radical (unpaired) electrons. The lowest BCUT2D eigenvalue weighted by atomic mass is 10.1. The van der Waals surface area contributed by atoms with Gasteiger partial charge in [-0.1, -0.05) is 6.07 Å². The fourth-order valence-corrected chi connectivity index (χ4v) is 1.52. The van der Waals surface area contributed by atoms with Crippen molar-refractivity contribution in [2.24, 2.45) is 0 Å². The van der Waals surface area contributed by atoms with Crippen LogP contribution in [0.3, 0.4) is 0 Å². The molecule has 1 aromatic carbocycles. The summed E-state index contributed by atoms with van der Waals surface area (Å²) in [6.07, 6.45) is 0.150. The maximum absolute atomic E-state index is 11.2. The highest BCUT2D eigenvalue weighted by atomic mass is 79.9. The summed E-state index contributed by atoms with van der Waals surface area (Å²) in [6, 6.07) is 3.52. The van der Waals surface area contributed by atoms with Crippen LogP contribution in [0.15, 0.2) is 16.6 Å². The normalized spacial score (nSPS) is 10.0. The van der Waals surface area contributed by atoms with Gasteiger partial charge in [-0.3, -0.25) is 4.79 Å². The largest absolute Gasteiger partial charge is 0.466 e. The van der Waals surface area contributed by atoms with E-state index < -0.39 is 0 Å². The number of nitrogens with two attached hydrogens (primary N) is 2. The van der Waals surface area contributed by atoms with Gasteiger partial charge in [-0.2, -0.15) is 0 Å². The average Bonchev–Trinajstić information content (AvgIpc) is 2.20. The number of hydrogen-bond donors (Lipinski definition) is 2. The molecule has 0 atom stereocenters. The summed E-state index contributed by atoms with van der Waals surface area (Å²) < 4.78 is 5.55. The van der Waals surface area contributed by atoms with Crippen LogP contribution in [0.1, 0.15) is 12.5 Å². The summed E-state index contributed by atoms with van der Waals surface area (Å²) in [6.45, 7) is 2.13.